The number of carbonyl (C=O) groups excluding carboxylic acids is 2. The third kappa shape index (κ3) is 4.73. The van der Waals surface area contributed by atoms with E-state index in [1.165, 1.54) is 36.2 Å². The third-order valence-corrected chi connectivity index (χ3v) is 5.91. The summed E-state index contributed by atoms with van der Waals surface area (Å²) in [6.45, 7) is -0.358. The van der Waals surface area contributed by atoms with E-state index in [1.54, 1.807) is 12.1 Å². The minimum Gasteiger partial charge on any atom is -0.467 e. The minimum atomic E-state index is -0.561. The van der Waals surface area contributed by atoms with Crippen LogP contribution in [-0.2, 0) is 4.79 Å². The fourth-order valence-corrected chi connectivity index (χ4v) is 4.47. The van der Waals surface area contributed by atoms with Crippen LogP contribution in [0.2, 0.25) is 0 Å². The second kappa shape index (κ2) is 9.17. The second-order valence-corrected chi connectivity index (χ2v) is 8.02. The summed E-state index contributed by atoms with van der Waals surface area (Å²) < 4.78 is 18.9. The Morgan fingerprint density at radius 2 is 1.90 bits per heavy atom. The van der Waals surface area contributed by atoms with Crippen molar-refractivity contribution in [1.82, 2.24) is 20.6 Å². The molecule has 3 aromatic rings. The Kier molecular flexibility index (Phi) is 6.18. The summed E-state index contributed by atoms with van der Waals surface area (Å²) >= 11 is 1.40. The summed E-state index contributed by atoms with van der Waals surface area (Å²) in [6.07, 6.45) is 6.58. The van der Waals surface area contributed by atoms with Crippen LogP contribution in [0.3, 0.4) is 0 Å². The Labute approximate surface area is 176 Å². The number of benzene rings is 1. The van der Waals surface area contributed by atoms with Gasteiger partial charge in [-0.1, -0.05) is 31.4 Å². The number of carbonyl (C=O) groups is 2. The molecule has 9 heteroatoms. The summed E-state index contributed by atoms with van der Waals surface area (Å²) in [7, 11) is 0. The standard InChI is InChI=1S/C21H21FN4O3S/c22-14-8-6-13(7-9-14)16-11-30-20-18(16)19(23-12-24-20)29-10-17(27)26-21(28)25-15-4-2-1-3-5-15/h6-9,11-12,15H,1-5,10H2,(H2,25,26,27,28). The monoisotopic (exact) mass is 428 g/mol. The zero-order valence-corrected chi connectivity index (χ0v) is 17.0. The zero-order chi connectivity index (χ0) is 20.9. The number of hydrogen-bond acceptors (Lipinski definition) is 6. The van der Waals surface area contributed by atoms with Crippen LogP contribution in [0.4, 0.5) is 9.18 Å². The lowest BCUT2D eigenvalue weighted by Gasteiger charge is -2.22. The largest absolute Gasteiger partial charge is 0.467 e. The summed E-state index contributed by atoms with van der Waals surface area (Å²) in [5.41, 5.74) is 1.58. The molecule has 2 aromatic heterocycles. The van der Waals surface area contributed by atoms with Crippen molar-refractivity contribution in [3.05, 3.63) is 41.8 Å². The highest BCUT2D eigenvalue weighted by atomic mass is 32.1. The molecule has 0 spiro atoms. The molecule has 2 N–H and O–H groups in total. The average molecular weight is 428 g/mol. The van der Waals surface area contributed by atoms with Gasteiger partial charge in [-0.25, -0.2) is 19.2 Å². The van der Waals surface area contributed by atoms with Gasteiger partial charge < -0.3 is 10.1 Å². The first-order valence-electron chi connectivity index (χ1n) is 9.81. The van der Waals surface area contributed by atoms with Crippen molar-refractivity contribution >= 4 is 33.5 Å². The summed E-state index contributed by atoms with van der Waals surface area (Å²) in [5, 5.41) is 7.66. The molecule has 0 unspecified atom stereocenters. The van der Waals surface area contributed by atoms with E-state index in [0.717, 1.165) is 36.8 Å². The van der Waals surface area contributed by atoms with Crippen molar-refractivity contribution in [1.29, 1.82) is 0 Å². The molecule has 0 saturated heterocycles. The predicted molar refractivity (Wildman–Crippen MR) is 112 cm³/mol. The fourth-order valence-electron chi connectivity index (χ4n) is 3.56. The lowest BCUT2D eigenvalue weighted by Crippen LogP contribution is -2.46. The van der Waals surface area contributed by atoms with Crippen LogP contribution in [-0.4, -0.2) is 34.6 Å². The van der Waals surface area contributed by atoms with Crippen LogP contribution in [0.5, 0.6) is 5.88 Å². The number of aromatic nitrogens is 2. The van der Waals surface area contributed by atoms with Gasteiger partial charge in [-0.3, -0.25) is 10.1 Å². The predicted octanol–water partition coefficient (Wildman–Crippen LogP) is 4.03. The smallest absolute Gasteiger partial charge is 0.321 e. The van der Waals surface area contributed by atoms with Gasteiger partial charge >= 0.3 is 6.03 Å². The van der Waals surface area contributed by atoms with Crippen LogP contribution in [0.15, 0.2) is 36.0 Å². The summed E-state index contributed by atoms with van der Waals surface area (Å²) in [6, 6.07) is 5.68. The van der Waals surface area contributed by atoms with Crippen molar-refractivity contribution in [2.45, 2.75) is 38.1 Å². The molecule has 2 heterocycles. The molecule has 1 fully saturated rings. The van der Waals surface area contributed by atoms with Crippen molar-refractivity contribution in [2.24, 2.45) is 0 Å². The molecular formula is C21H21FN4O3S. The molecule has 0 atom stereocenters. The summed E-state index contributed by atoms with van der Waals surface area (Å²) in [5.74, 6) is -0.647. The van der Waals surface area contributed by atoms with Crippen LogP contribution in [0.1, 0.15) is 32.1 Å². The second-order valence-electron chi connectivity index (χ2n) is 7.16. The Morgan fingerprint density at radius 1 is 1.13 bits per heavy atom. The van der Waals surface area contributed by atoms with Crippen LogP contribution in [0.25, 0.3) is 21.3 Å². The molecule has 0 aliphatic heterocycles. The molecule has 1 aromatic carbocycles. The minimum absolute atomic E-state index is 0.109. The number of fused-ring (bicyclic) bond motifs is 1. The lowest BCUT2D eigenvalue weighted by atomic mass is 9.96. The molecule has 1 saturated carbocycles. The highest BCUT2D eigenvalue weighted by molar-refractivity contribution is 7.17. The van der Waals surface area contributed by atoms with Gasteiger partial charge in [-0.2, -0.15) is 0 Å². The molecule has 1 aliphatic rings. The fraction of sp³-hybridized carbons (Fsp3) is 0.333. The van der Waals surface area contributed by atoms with Crippen molar-refractivity contribution in [2.75, 3.05) is 6.61 Å². The lowest BCUT2D eigenvalue weighted by molar-refractivity contribution is -0.122. The van der Waals surface area contributed by atoms with Gasteiger partial charge in [-0.05, 0) is 30.5 Å². The number of imide groups is 1. The number of urea groups is 1. The quantitative estimate of drug-likeness (QED) is 0.640. The normalized spacial score (nSPS) is 14.4. The third-order valence-electron chi connectivity index (χ3n) is 5.02. The number of amides is 3. The van der Waals surface area contributed by atoms with E-state index < -0.39 is 11.9 Å². The Hall–Kier alpha value is -3.07. The number of ether oxygens (including phenoxy) is 1. The van der Waals surface area contributed by atoms with Crippen LogP contribution >= 0.6 is 11.3 Å². The molecule has 156 valence electrons. The van der Waals surface area contributed by atoms with Gasteiger partial charge in [-0.15, -0.1) is 11.3 Å². The molecule has 0 bridgehead atoms. The van der Waals surface area contributed by atoms with Gasteiger partial charge in [0.2, 0.25) is 5.88 Å². The number of rotatable bonds is 5. The highest BCUT2D eigenvalue weighted by Gasteiger charge is 2.18. The van der Waals surface area contributed by atoms with Gasteiger partial charge in [0, 0.05) is 17.0 Å². The Bertz CT molecular complexity index is 1050. The van der Waals surface area contributed by atoms with Crippen molar-refractivity contribution in [3.63, 3.8) is 0 Å². The van der Waals surface area contributed by atoms with Crippen LogP contribution in [0, 0.1) is 5.82 Å². The van der Waals surface area contributed by atoms with Gasteiger partial charge in [0.25, 0.3) is 5.91 Å². The number of hydrogen-bond donors (Lipinski definition) is 2. The van der Waals surface area contributed by atoms with E-state index in [9.17, 15) is 14.0 Å². The summed E-state index contributed by atoms with van der Waals surface area (Å²) in [4.78, 5) is 33.2. The maximum atomic E-state index is 13.3. The van der Waals surface area contributed by atoms with E-state index in [4.69, 9.17) is 4.74 Å². The molecule has 4 rings (SSSR count). The highest BCUT2D eigenvalue weighted by Crippen LogP contribution is 2.37. The first kappa shape index (κ1) is 20.2. The molecular weight excluding hydrogens is 407 g/mol. The first-order chi connectivity index (χ1) is 14.6. The molecule has 3 amide bonds. The number of nitrogens with one attached hydrogen (secondary N) is 2. The SMILES string of the molecule is O=C(COc1ncnc2scc(-c3ccc(F)cc3)c12)NC(=O)NC1CCCCC1. The van der Waals surface area contributed by atoms with Gasteiger partial charge in [0.1, 0.15) is 17.0 Å². The number of halogens is 1. The van der Waals surface area contributed by atoms with E-state index >= 15 is 0 Å². The van der Waals surface area contributed by atoms with Gasteiger partial charge in [0.15, 0.2) is 6.61 Å². The van der Waals surface area contributed by atoms with Gasteiger partial charge in [0.05, 0.1) is 5.39 Å². The van der Waals surface area contributed by atoms with E-state index in [2.05, 4.69) is 20.6 Å². The number of nitrogens with zero attached hydrogens (tertiary/aromatic N) is 2. The molecule has 30 heavy (non-hydrogen) atoms. The number of thiophene rings is 1. The molecule has 0 radical (unpaired) electrons. The van der Waals surface area contributed by atoms with Crippen LogP contribution < -0.4 is 15.4 Å². The topological polar surface area (TPSA) is 93.2 Å². The zero-order valence-electron chi connectivity index (χ0n) is 16.2. The molecule has 7 nitrogen and oxygen atoms in total. The van der Waals surface area contributed by atoms with Crippen molar-refractivity contribution < 1.29 is 18.7 Å². The van der Waals surface area contributed by atoms with E-state index in [0.29, 0.717) is 10.2 Å². The van der Waals surface area contributed by atoms with Crippen molar-refractivity contribution in [3.8, 4) is 17.0 Å². The Morgan fingerprint density at radius 3 is 2.67 bits per heavy atom. The molecule has 1 aliphatic carbocycles. The van der Waals surface area contributed by atoms with E-state index in [-0.39, 0.29) is 24.3 Å². The maximum absolute atomic E-state index is 13.3. The Balaban J connectivity index is 1.42. The average Bonchev–Trinajstić information content (AvgIpc) is 3.18. The maximum Gasteiger partial charge on any atom is 0.321 e. The first-order valence-corrected chi connectivity index (χ1v) is 10.7. The van der Waals surface area contributed by atoms with E-state index in [1.807, 2.05) is 5.38 Å².